The highest BCUT2D eigenvalue weighted by Gasteiger charge is 2.19. The summed E-state index contributed by atoms with van der Waals surface area (Å²) in [6.07, 6.45) is 1.86. The SMILES string of the molecule is CCCCN(CCCl)C(=O)c1cc([N+](=O)[O-])ccc1C. The van der Waals surface area contributed by atoms with Crippen molar-refractivity contribution in [3.8, 4) is 0 Å². The molecule has 0 heterocycles. The van der Waals surface area contributed by atoms with Gasteiger partial charge in [-0.25, -0.2) is 0 Å². The third-order valence-electron chi connectivity index (χ3n) is 3.09. The summed E-state index contributed by atoms with van der Waals surface area (Å²) in [5.74, 6) is 0.156. The molecular formula is C14H19ClN2O3. The number of amides is 1. The van der Waals surface area contributed by atoms with Crippen LogP contribution in [0.1, 0.15) is 35.7 Å². The Morgan fingerprint density at radius 2 is 2.10 bits per heavy atom. The van der Waals surface area contributed by atoms with Gasteiger partial charge in [0.25, 0.3) is 11.6 Å². The maximum Gasteiger partial charge on any atom is 0.270 e. The average molecular weight is 299 g/mol. The van der Waals surface area contributed by atoms with Gasteiger partial charge in [-0.3, -0.25) is 14.9 Å². The lowest BCUT2D eigenvalue weighted by molar-refractivity contribution is -0.384. The lowest BCUT2D eigenvalue weighted by Gasteiger charge is -2.22. The van der Waals surface area contributed by atoms with Crippen molar-refractivity contribution in [1.29, 1.82) is 0 Å². The molecule has 1 amide bonds. The number of alkyl halides is 1. The zero-order valence-corrected chi connectivity index (χ0v) is 12.5. The second-order valence-corrected chi connectivity index (χ2v) is 4.97. The van der Waals surface area contributed by atoms with E-state index in [-0.39, 0.29) is 11.6 Å². The smallest absolute Gasteiger partial charge is 0.270 e. The number of nitro benzene ring substituents is 1. The number of carbonyl (C=O) groups is 1. The second kappa shape index (κ2) is 7.85. The summed E-state index contributed by atoms with van der Waals surface area (Å²) < 4.78 is 0. The van der Waals surface area contributed by atoms with Gasteiger partial charge in [-0.2, -0.15) is 0 Å². The quantitative estimate of drug-likeness (QED) is 0.440. The van der Waals surface area contributed by atoms with Crippen LogP contribution in [0.5, 0.6) is 0 Å². The van der Waals surface area contributed by atoms with Gasteiger partial charge in [0.2, 0.25) is 0 Å². The van der Waals surface area contributed by atoms with Crippen molar-refractivity contribution in [2.24, 2.45) is 0 Å². The van der Waals surface area contributed by atoms with Crippen molar-refractivity contribution in [3.05, 3.63) is 39.4 Å². The molecule has 6 heteroatoms. The molecule has 0 spiro atoms. The number of benzene rings is 1. The summed E-state index contributed by atoms with van der Waals surface area (Å²) in [5, 5.41) is 10.8. The van der Waals surface area contributed by atoms with E-state index in [0.29, 0.717) is 24.5 Å². The minimum atomic E-state index is -0.492. The van der Waals surface area contributed by atoms with Gasteiger partial charge >= 0.3 is 0 Å². The van der Waals surface area contributed by atoms with Crippen LogP contribution in [0.3, 0.4) is 0 Å². The maximum atomic E-state index is 12.5. The molecule has 1 rings (SSSR count). The van der Waals surface area contributed by atoms with Crippen molar-refractivity contribution in [2.45, 2.75) is 26.7 Å². The number of nitrogens with zero attached hydrogens (tertiary/aromatic N) is 2. The number of halogens is 1. The number of hydrogen-bond acceptors (Lipinski definition) is 3. The first-order chi connectivity index (χ1) is 9.51. The molecule has 1 aromatic carbocycles. The second-order valence-electron chi connectivity index (χ2n) is 4.59. The van der Waals surface area contributed by atoms with E-state index in [1.807, 2.05) is 6.92 Å². The number of nitro groups is 1. The van der Waals surface area contributed by atoms with Gasteiger partial charge in [0.1, 0.15) is 0 Å². The number of hydrogen-bond donors (Lipinski definition) is 0. The predicted molar refractivity (Wildman–Crippen MR) is 79.4 cm³/mol. The molecule has 0 aromatic heterocycles. The third kappa shape index (κ3) is 4.20. The van der Waals surface area contributed by atoms with Crippen LogP contribution in [0, 0.1) is 17.0 Å². The van der Waals surface area contributed by atoms with E-state index in [1.54, 1.807) is 17.9 Å². The average Bonchev–Trinajstić information content (AvgIpc) is 2.43. The Morgan fingerprint density at radius 1 is 1.40 bits per heavy atom. The first-order valence-corrected chi connectivity index (χ1v) is 7.15. The molecule has 0 radical (unpaired) electrons. The highest BCUT2D eigenvalue weighted by molar-refractivity contribution is 6.18. The molecule has 20 heavy (non-hydrogen) atoms. The first-order valence-electron chi connectivity index (χ1n) is 6.61. The minimum absolute atomic E-state index is 0.0692. The fourth-order valence-corrected chi connectivity index (χ4v) is 2.09. The Morgan fingerprint density at radius 3 is 2.65 bits per heavy atom. The van der Waals surface area contributed by atoms with Crippen LogP contribution in [-0.4, -0.2) is 34.7 Å². The number of rotatable bonds is 7. The van der Waals surface area contributed by atoms with Gasteiger partial charge in [0, 0.05) is 36.7 Å². The number of non-ortho nitro benzene ring substituents is 1. The van der Waals surface area contributed by atoms with E-state index in [4.69, 9.17) is 11.6 Å². The Labute approximate surface area is 123 Å². The normalized spacial score (nSPS) is 10.3. The van der Waals surface area contributed by atoms with Crippen molar-refractivity contribution in [2.75, 3.05) is 19.0 Å². The third-order valence-corrected chi connectivity index (χ3v) is 3.25. The molecule has 0 saturated heterocycles. The van der Waals surface area contributed by atoms with Gasteiger partial charge in [-0.1, -0.05) is 19.4 Å². The van der Waals surface area contributed by atoms with Gasteiger partial charge in [-0.05, 0) is 18.9 Å². The van der Waals surface area contributed by atoms with Crippen molar-refractivity contribution in [3.63, 3.8) is 0 Å². The van der Waals surface area contributed by atoms with Gasteiger partial charge in [-0.15, -0.1) is 11.6 Å². The van der Waals surface area contributed by atoms with E-state index in [1.165, 1.54) is 12.1 Å². The topological polar surface area (TPSA) is 63.5 Å². The molecule has 0 N–H and O–H groups in total. The van der Waals surface area contributed by atoms with Crippen LogP contribution in [-0.2, 0) is 0 Å². The summed E-state index contributed by atoms with van der Waals surface area (Å²) in [7, 11) is 0. The van der Waals surface area contributed by atoms with Crippen LogP contribution in [0.25, 0.3) is 0 Å². The molecule has 0 fully saturated rings. The Balaban J connectivity index is 3.03. The van der Waals surface area contributed by atoms with E-state index in [2.05, 4.69) is 0 Å². The molecular weight excluding hydrogens is 280 g/mol. The summed E-state index contributed by atoms with van der Waals surface area (Å²) in [4.78, 5) is 24.5. The number of aryl methyl sites for hydroxylation is 1. The van der Waals surface area contributed by atoms with E-state index in [9.17, 15) is 14.9 Å². The van der Waals surface area contributed by atoms with E-state index < -0.39 is 4.92 Å². The van der Waals surface area contributed by atoms with Crippen LogP contribution < -0.4 is 0 Å². The zero-order valence-electron chi connectivity index (χ0n) is 11.8. The van der Waals surface area contributed by atoms with Crippen LogP contribution in [0.15, 0.2) is 18.2 Å². The van der Waals surface area contributed by atoms with Gasteiger partial charge in [0.05, 0.1) is 4.92 Å². The monoisotopic (exact) mass is 298 g/mol. The largest absolute Gasteiger partial charge is 0.337 e. The van der Waals surface area contributed by atoms with Crippen molar-refractivity contribution >= 4 is 23.2 Å². The lowest BCUT2D eigenvalue weighted by Crippen LogP contribution is -2.34. The van der Waals surface area contributed by atoms with Crippen LogP contribution in [0.4, 0.5) is 5.69 Å². The molecule has 110 valence electrons. The standard InChI is InChI=1S/C14H19ClN2O3/c1-3-4-8-16(9-7-15)14(18)13-10-12(17(19)20)6-5-11(13)2/h5-6,10H,3-4,7-9H2,1-2H3. The Hall–Kier alpha value is -1.62. The summed E-state index contributed by atoms with van der Waals surface area (Å²) in [6, 6.07) is 4.35. The van der Waals surface area contributed by atoms with Gasteiger partial charge in [0.15, 0.2) is 0 Å². The number of carbonyl (C=O) groups excluding carboxylic acids is 1. The zero-order chi connectivity index (χ0) is 15.1. The lowest BCUT2D eigenvalue weighted by atomic mass is 10.1. The van der Waals surface area contributed by atoms with Crippen molar-refractivity contribution in [1.82, 2.24) is 4.90 Å². The molecule has 0 unspecified atom stereocenters. The van der Waals surface area contributed by atoms with Crippen LogP contribution >= 0.6 is 11.6 Å². The Kier molecular flexibility index (Phi) is 6.45. The molecule has 0 aliphatic carbocycles. The molecule has 0 bridgehead atoms. The summed E-state index contributed by atoms with van der Waals surface area (Å²) in [5.41, 5.74) is 1.04. The van der Waals surface area contributed by atoms with E-state index in [0.717, 1.165) is 18.4 Å². The first kappa shape index (κ1) is 16.4. The Bertz CT molecular complexity index is 491. The minimum Gasteiger partial charge on any atom is -0.337 e. The summed E-state index contributed by atoms with van der Waals surface area (Å²) >= 11 is 5.73. The molecule has 0 aliphatic rings. The predicted octanol–water partition coefficient (Wildman–Crippen LogP) is 3.38. The van der Waals surface area contributed by atoms with Crippen LogP contribution in [0.2, 0.25) is 0 Å². The molecule has 5 nitrogen and oxygen atoms in total. The van der Waals surface area contributed by atoms with Gasteiger partial charge < -0.3 is 4.90 Å². The molecule has 0 saturated carbocycles. The van der Waals surface area contributed by atoms with Crippen molar-refractivity contribution < 1.29 is 9.72 Å². The fraction of sp³-hybridized carbons (Fsp3) is 0.500. The highest BCUT2D eigenvalue weighted by Crippen LogP contribution is 2.19. The fourth-order valence-electron chi connectivity index (χ4n) is 1.89. The highest BCUT2D eigenvalue weighted by atomic mass is 35.5. The molecule has 0 aliphatic heterocycles. The number of unbranched alkanes of at least 4 members (excludes halogenated alkanes) is 1. The maximum absolute atomic E-state index is 12.5. The van der Waals surface area contributed by atoms with E-state index >= 15 is 0 Å². The molecule has 0 atom stereocenters. The summed E-state index contributed by atoms with van der Waals surface area (Å²) in [6.45, 7) is 4.88. The molecule has 1 aromatic rings.